The summed E-state index contributed by atoms with van der Waals surface area (Å²) in [6.45, 7) is 3.63. The lowest BCUT2D eigenvalue weighted by Crippen LogP contribution is -2.41. The van der Waals surface area contributed by atoms with Crippen LogP contribution in [-0.4, -0.2) is 47.1 Å². The van der Waals surface area contributed by atoms with E-state index in [0.717, 1.165) is 38.0 Å². The van der Waals surface area contributed by atoms with Gasteiger partial charge in [-0.3, -0.25) is 9.69 Å². The van der Waals surface area contributed by atoms with E-state index in [1.165, 1.54) is 5.01 Å². The van der Waals surface area contributed by atoms with E-state index < -0.39 is 0 Å². The van der Waals surface area contributed by atoms with Crippen molar-refractivity contribution in [1.82, 2.24) is 15.2 Å². The fourth-order valence-corrected chi connectivity index (χ4v) is 5.87. The Bertz CT molecular complexity index is 854. The van der Waals surface area contributed by atoms with E-state index in [-0.39, 0.29) is 11.5 Å². The minimum absolute atomic E-state index is 0.00278. The number of rotatable bonds is 6. The van der Waals surface area contributed by atoms with E-state index in [1.54, 1.807) is 17.4 Å². The Morgan fingerprint density at radius 1 is 1.39 bits per heavy atom. The number of ether oxygens (including phenoxy) is 1. The highest BCUT2D eigenvalue weighted by molar-refractivity contribution is 7.09. The maximum absolute atomic E-state index is 12.3. The van der Waals surface area contributed by atoms with Gasteiger partial charge in [0.1, 0.15) is 5.01 Å². The van der Waals surface area contributed by atoms with E-state index in [0.29, 0.717) is 24.5 Å². The normalized spacial score (nSPS) is 31.5. The van der Waals surface area contributed by atoms with Crippen molar-refractivity contribution in [2.75, 3.05) is 19.6 Å². The Hall–Kier alpha value is -2.02. The molecular weight excluding hydrogens is 370 g/mol. The molecule has 5 nitrogen and oxygen atoms in total. The van der Waals surface area contributed by atoms with E-state index in [4.69, 9.17) is 4.74 Å². The summed E-state index contributed by atoms with van der Waals surface area (Å²) in [6, 6.07) is 9.91. The van der Waals surface area contributed by atoms with Crippen molar-refractivity contribution in [2.45, 2.75) is 31.1 Å². The summed E-state index contributed by atoms with van der Waals surface area (Å²) >= 11 is 1.72. The first-order valence-electron chi connectivity index (χ1n) is 10.0. The first-order chi connectivity index (χ1) is 13.7. The molecule has 3 fully saturated rings. The molecule has 5 rings (SSSR count). The van der Waals surface area contributed by atoms with E-state index in [9.17, 15) is 4.79 Å². The maximum atomic E-state index is 12.3. The molecule has 3 aliphatic heterocycles. The molecule has 1 aromatic carbocycles. The van der Waals surface area contributed by atoms with Crippen LogP contribution in [0.15, 0.2) is 48.0 Å². The standard InChI is InChI=1S/C22H25N3O2S/c26-20(7-6-16-4-2-1-3-5-16)24-12-17-18-13-25(14-21-23-10-11-28-21)15-22(18)9-8-19(17)27-22/h1-7,10-11,17-19H,8-9,12-15H2,(H,24,26)/t17-,18+,19+,22+/m0/s1. The Labute approximate surface area is 169 Å². The molecule has 6 heteroatoms. The van der Waals surface area contributed by atoms with Gasteiger partial charge in [-0.15, -0.1) is 11.3 Å². The highest BCUT2D eigenvalue weighted by Gasteiger charge is 2.62. The number of benzene rings is 1. The summed E-state index contributed by atoms with van der Waals surface area (Å²) in [7, 11) is 0. The number of amides is 1. The van der Waals surface area contributed by atoms with Crippen LogP contribution in [0.1, 0.15) is 23.4 Å². The molecule has 1 N–H and O–H groups in total. The number of thiazole rings is 1. The summed E-state index contributed by atoms with van der Waals surface area (Å²) < 4.78 is 6.48. The van der Waals surface area contributed by atoms with Gasteiger partial charge in [-0.05, 0) is 24.5 Å². The maximum Gasteiger partial charge on any atom is 0.244 e. The summed E-state index contributed by atoms with van der Waals surface area (Å²) in [5, 5.41) is 6.32. The van der Waals surface area contributed by atoms with Crippen LogP contribution in [0.2, 0.25) is 0 Å². The molecule has 0 radical (unpaired) electrons. The van der Waals surface area contributed by atoms with Crippen molar-refractivity contribution in [3.8, 4) is 0 Å². The van der Waals surface area contributed by atoms with Gasteiger partial charge in [-0.1, -0.05) is 30.3 Å². The Kier molecular flexibility index (Phi) is 4.78. The number of nitrogens with one attached hydrogen (secondary N) is 1. The molecule has 2 bridgehead atoms. The lowest BCUT2D eigenvalue weighted by atomic mass is 9.73. The number of aromatic nitrogens is 1. The minimum Gasteiger partial charge on any atom is -0.370 e. The SMILES string of the molecule is O=C(C=Cc1ccccc1)NC[C@H]1[C@H]2CN(Cc3nccs3)C[C@]23CC[C@H]1O3. The zero-order valence-electron chi connectivity index (χ0n) is 15.8. The second-order valence-corrected chi connectivity index (χ2v) is 9.09. The molecule has 3 saturated heterocycles. The van der Waals surface area contributed by atoms with Crippen molar-refractivity contribution >= 4 is 23.3 Å². The van der Waals surface area contributed by atoms with Crippen LogP contribution >= 0.6 is 11.3 Å². The van der Waals surface area contributed by atoms with Gasteiger partial charge in [0.25, 0.3) is 0 Å². The molecule has 0 unspecified atom stereocenters. The molecule has 0 saturated carbocycles. The number of fused-ring (bicyclic) bond motifs is 1. The van der Waals surface area contributed by atoms with Crippen molar-refractivity contribution in [2.24, 2.45) is 11.8 Å². The molecule has 146 valence electrons. The van der Waals surface area contributed by atoms with Crippen LogP contribution in [-0.2, 0) is 16.1 Å². The third-order valence-electron chi connectivity index (χ3n) is 6.44. The first-order valence-corrected chi connectivity index (χ1v) is 10.9. The third kappa shape index (κ3) is 3.41. The van der Waals surface area contributed by atoms with Crippen LogP contribution in [0.5, 0.6) is 0 Å². The summed E-state index contributed by atoms with van der Waals surface area (Å²) in [6.07, 6.45) is 7.92. The van der Waals surface area contributed by atoms with Gasteiger partial charge < -0.3 is 10.1 Å². The topological polar surface area (TPSA) is 54.5 Å². The van der Waals surface area contributed by atoms with Gasteiger partial charge in [0, 0.05) is 49.1 Å². The monoisotopic (exact) mass is 395 g/mol. The van der Waals surface area contributed by atoms with Gasteiger partial charge in [-0.25, -0.2) is 4.98 Å². The molecule has 1 spiro atoms. The molecular formula is C22H25N3O2S. The van der Waals surface area contributed by atoms with E-state index in [1.807, 2.05) is 48.0 Å². The van der Waals surface area contributed by atoms with E-state index in [2.05, 4.69) is 15.2 Å². The summed E-state index contributed by atoms with van der Waals surface area (Å²) in [4.78, 5) is 19.2. The highest BCUT2D eigenvalue weighted by Crippen LogP contribution is 2.54. The highest BCUT2D eigenvalue weighted by atomic mass is 32.1. The average Bonchev–Trinajstić information content (AvgIpc) is 3.47. The van der Waals surface area contributed by atoms with Crippen molar-refractivity contribution in [1.29, 1.82) is 0 Å². The smallest absolute Gasteiger partial charge is 0.244 e. The fourth-order valence-electron chi connectivity index (χ4n) is 5.22. The number of hydrogen-bond donors (Lipinski definition) is 1. The van der Waals surface area contributed by atoms with Crippen molar-refractivity contribution in [3.05, 3.63) is 58.6 Å². The number of carbonyl (C=O) groups excluding carboxylic acids is 1. The molecule has 2 aromatic rings. The minimum atomic E-state index is -0.0293. The first kappa shape index (κ1) is 18.0. The van der Waals surface area contributed by atoms with Gasteiger partial charge in [-0.2, -0.15) is 0 Å². The quantitative estimate of drug-likeness (QED) is 0.764. The van der Waals surface area contributed by atoms with Gasteiger partial charge in [0.15, 0.2) is 0 Å². The molecule has 4 atom stereocenters. The molecule has 4 heterocycles. The van der Waals surface area contributed by atoms with Gasteiger partial charge >= 0.3 is 0 Å². The molecule has 0 aliphatic carbocycles. The largest absolute Gasteiger partial charge is 0.370 e. The lowest BCUT2D eigenvalue weighted by Gasteiger charge is -2.29. The van der Waals surface area contributed by atoms with Crippen LogP contribution in [0.4, 0.5) is 0 Å². The van der Waals surface area contributed by atoms with Gasteiger partial charge in [0.2, 0.25) is 5.91 Å². The average molecular weight is 396 g/mol. The zero-order valence-corrected chi connectivity index (χ0v) is 16.6. The van der Waals surface area contributed by atoms with Crippen molar-refractivity contribution in [3.63, 3.8) is 0 Å². The lowest BCUT2D eigenvalue weighted by molar-refractivity contribution is -0.116. The van der Waals surface area contributed by atoms with Gasteiger partial charge in [0.05, 0.1) is 18.2 Å². The zero-order chi connectivity index (χ0) is 19.0. The third-order valence-corrected chi connectivity index (χ3v) is 7.20. The summed E-state index contributed by atoms with van der Waals surface area (Å²) in [5.74, 6) is 0.882. The second kappa shape index (κ2) is 7.43. The Morgan fingerprint density at radius 3 is 3.11 bits per heavy atom. The number of likely N-dealkylation sites (tertiary alicyclic amines) is 1. The molecule has 28 heavy (non-hydrogen) atoms. The number of hydrogen-bond acceptors (Lipinski definition) is 5. The second-order valence-electron chi connectivity index (χ2n) is 8.11. The van der Waals surface area contributed by atoms with Crippen molar-refractivity contribution < 1.29 is 9.53 Å². The predicted octanol–water partition coefficient (Wildman–Crippen LogP) is 2.95. The molecule has 3 aliphatic rings. The number of carbonyl (C=O) groups is 1. The number of nitrogens with zero attached hydrogens (tertiary/aromatic N) is 2. The Morgan fingerprint density at radius 2 is 2.29 bits per heavy atom. The predicted molar refractivity (Wildman–Crippen MR) is 110 cm³/mol. The summed E-state index contributed by atoms with van der Waals surface area (Å²) in [5.41, 5.74) is 1.03. The van der Waals surface area contributed by atoms with E-state index >= 15 is 0 Å². The van der Waals surface area contributed by atoms with Crippen LogP contribution in [0.25, 0.3) is 6.08 Å². The van der Waals surface area contributed by atoms with Crippen LogP contribution in [0, 0.1) is 11.8 Å². The Balaban J connectivity index is 1.19. The van der Waals surface area contributed by atoms with Crippen LogP contribution in [0.3, 0.4) is 0 Å². The van der Waals surface area contributed by atoms with Crippen LogP contribution < -0.4 is 5.32 Å². The fraction of sp³-hybridized carbons (Fsp3) is 0.455. The molecule has 1 aromatic heterocycles. The molecule has 1 amide bonds.